The second-order valence-corrected chi connectivity index (χ2v) is 5.52. The third kappa shape index (κ3) is 3.77. The number of benzene rings is 3. The monoisotopic (exact) mass is 334 g/mol. The second-order valence-electron chi connectivity index (χ2n) is 5.52. The third-order valence-corrected chi connectivity index (χ3v) is 3.90. The standard InChI is InChI=1S/C20H18N2O3/c1-25-18-12-5-4-11-17(18)20(24)22-21-19(23)13-15-9-6-8-14-7-2-3-10-16(14)15/h2-12H,13H2,1H3,(H,21,23)(H,22,24). The van der Waals surface area contributed by atoms with E-state index in [4.69, 9.17) is 4.74 Å². The van der Waals surface area contributed by atoms with Crippen LogP contribution in [-0.2, 0) is 11.2 Å². The van der Waals surface area contributed by atoms with Gasteiger partial charge in [0, 0.05) is 0 Å². The summed E-state index contributed by atoms with van der Waals surface area (Å²) in [6, 6.07) is 20.5. The van der Waals surface area contributed by atoms with E-state index in [1.165, 1.54) is 7.11 Å². The highest BCUT2D eigenvalue weighted by Crippen LogP contribution is 2.19. The van der Waals surface area contributed by atoms with E-state index in [-0.39, 0.29) is 12.3 Å². The predicted octanol–water partition coefficient (Wildman–Crippen LogP) is 2.85. The van der Waals surface area contributed by atoms with E-state index in [0.29, 0.717) is 11.3 Å². The fraction of sp³-hybridized carbons (Fsp3) is 0.100. The highest BCUT2D eigenvalue weighted by molar-refractivity contribution is 5.98. The van der Waals surface area contributed by atoms with E-state index in [2.05, 4.69) is 10.9 Å². The van der Waals surface area contributed by atoms with Gasteiger partial charge in [0.25, 0.3) is 5.91 Å². The summed E-state index contributed by atoms with van der Waals surface area (Å²) >= 11 is 0. The van der Waals surface area contributed by atoms with Crippen LogP contribution in [0.4, 0.5) is 0 Å². The van der Waals surface area contributed by atoms with E-state index in [1.54, 1.807) is 24.3 Å². The molecule has 3 aromatic carbocycles. The molecule has 0 heterocycles. The second kappa shape index (κ2) is 7.49. The summed E-state index contributed by atoms with van der Waals surface area (Å²) in [6.07, 6.45) is 0.174. The van der Waals surface area contributed by atoms with Crippen molar-refractivity contribution >= 4 is 22.6 Å². The molecule has 3 aromatic rings. The Hall–Kier alpha value is -3.34. The topological polar surface area (TPSA) is 67.4 Å². The molecule has 0 unspecified atom stereocenters. The number of hydrogen-bond donors (Lipinski definition) is 2. The van der Waals surface area contributed by atoms with Crippen LogP contribution in [0.25, 0.3) is 10.8 Å². The largest absolute Gasteiger partial charge is 0.496 e. The highest BCUT2D eigenvalue weighted by Gasteiger charge is 2.13. The quantitative estimate of drug-likeness (QED) is 0.721. The zero-order chi connectivity index (χ0) is 17.6. The van der Waals surface area contributed by atoms with Crippen molar-refractivity contribution < 1.29 is 14.3 Å². The van der Waals surface area contributed by atoms with Crippen LogP contribution in [0, 0.1) is 0 Å². The zero-order valence-electron chi connectivity index (χ0n) is 13.8. The third-order valence-electron chi connectivity index (χ3n) is 3.90. The molecule has 0 radical (unpaired) electrons. The van der Waals surface area contributed by atoms with Gasteiger partial charge in [-0.2, -0.15) is 0 Å². The summed E-state index contributed by atoms with van der Waals surface area (Å²) in [5.41, 5.74) is 6.14. The lowest BCUT2D eigenvalue weighted by Crippen LogP contribution is -2.42. The maximum atomic E-state index is 12.2. The summed E-state index contributed by atoms with van der Waals surface area (Å²) in [6.45, 7) is 0. The van der Waals surface area contributed by atoms with Gasteiger partial charge in [-0.25, -0.2) is 0 Å². The molecule has 0 fully saturated rings. The van der Waals surface area contributed by atoms with Crippen molar-refractivity contribution in [3.63, 3.8) is 0 Å². The van der Waals surface area contributed by atoms with Crippen LogP contribution in [0.1, 0.15) is 15.9 Å². The Balaban J connectivity index is 1.66. The summed E-state index contributed by atoms with van der Waals surface area (Å²) < 4.78 is 5.14. The lowest BCUT2D eigenvalue weighted by molar-refractivity contribution is -0.121. The van der Waals surface area contributed by atoms with Crippen molar-refractivity contribution in [3.8, 4) is 5.75 Å². The first-order valence-electron chi connectivity index (χ1n) is 7.88. The Bertz CT molecular complexity index is 916. The fourth-order valence-electron chi connectivity index (χ4n) is 2.69. The highest BCUT2D eigenvalue weighted by atomic mass is 16.5. The van der Waals surface area contributed by atoms with Gasteiger partial charge in [0.1, 0.15) is 5.75 Å². The molecule has 0 aliphatic heterocycles. The van der Waals surface area contributed by atoms with E-state index < -0.39 is 5.91 Å². The number of para-hydroxylation sites is 1. The molecule has 0 aromatic heterocycles. The van der Waals surface area contributed by atoms with Crippen LogP contribution >= 0.6 is 0 Å². The molecule has 0 saturated heterocycles. The van der Waals surface area contributed by atoms with Crippen molar-refractivity contribution in [2.24, 2.45) is 0 Å². The van der Waals surface area contributed by atoms with Gasteiger partial charge in [0.2, 0.25) is 5.91 Å². The average Bonchev–Trinajstić information content (AvgIpc) is 2.66. The van der Waals surface area contributed by atoms with Crippen molar-refractivity contribution in [1.82, 2.24) is 10.9 Å². The molecule has 0 aliphatic carbocycles. The Morgan fingerprint density at radius 3 is 2.44 bits per heavy atom. The number of hydrogen-bond acceptors (Lipinski definition) is 3. The molecule has 0 atom stereocenters. The number of amides is 2. The SMILES string of the molecule is COc1ccccc1C(=O)NNC(=O)Cc1cccc2ccccc12. The number of nitrogens with one attached hydrogen (secondary N) is 2. The lowest BCUT2D eigenvalue weighted by Gasteiger charge is -2.11. The molecule has 0 bridgehead atoms. The van der Waals surface area contributed by atoms with Crippen LogP contribution in [0.5, 0.6) is 5.75 Å². The van der Waals surface area contributed by atoms with Gasteiger partial charge in [0.15, 0.2) is 0 Å². The summed E-state index contributed by atoms with van der Waals surface area (Å²) in [7, 11) is 1.49. The number of carbonyl (C=O) groups excluding carboxylic acids is 2. The summed E-state index contributed by atoms with van der Waals surface area (Å²) in [4.78, 5) is 24.4. The first-order valence-corrected chi connectivity index (χ1v) is 7.88. The molecule has 3 rings (SSSR count). The number of ether oxygens (including phenoxy) is 1. The van der Waals surface area contributed by atoms with E-state index >= 15 is 0 Å². The average molecular weight is 334 g/mol. The smallest absolute Gasteiger partial charge is 0.273 e. The maximum absolute atomic E-state index is 12.2. The van der Waals surface area contributed by atoms with Crippen LogP contribution in [0.3, 0.4) is 0 Å². The minimum absolute atomic E-state index is 0.174. The molecule has 0 saturated carbocycles. The summed E-state index contributed by atoms with van der Waals surface area (Å²) in [5.74, 6) is -0.272. The number of hydrazine groups is 1. The van der Waals surface area contributed by atoms with Gasteiger partial charge in [-0.3, -0.25) is 20.4 Å². The molecule has 0 spiro atoms. The summed E-state index contributed by atoms with van der Waals surface area (Å²) in [5, 5.41) is 2.10. The van der Waals surface area contributed by atoms with Crippen molar-refractivity contribution in [2.45, 2.75) is 6.42 Å². The number of rotatable bonds is 4. The molecular formula is C20H18N2O3. The Labute approximate surface area is 145 Å². The Morgan fingerprint density at radius 2 is 1.60 bits per heavy atom. The van der Waals surface area contributed by atoms with Crippen molar-refractivity contribution in [3.05, 3.63) is 77.9 Å². The van der Waals surface area contributed by atoms with Crippen LogP contribution < -0.4 is 15.6 Å². The van der Waals surface area contributed by atoms with Gasteiger partial charge >= 0.3 is 0 Å². The van der Waals surface area contributed by atoms with E-state index in [0.717, 1.165) is 16.3 Å². The molecular weight excluding hydrogens is 316 g/mol. The van der Waals surface area contributed by atoms with Crippen LogP contribution in [0.15, 0.2) is 66.7 Å². The van der Waals surface area contributed by atoms with E-state index in [9.17, 15) is 9.59 Å². The van der Waals surface area contributed by atoms with Gasteiger partial charge in [-0.05, 0) is 28.5 Å². The first kappa shape index (κ1) is 16.5. The van der Waals surface area contributed by atoms with Gasteiger partial charge in [-0.15, -0.1) is 0 Å². The zero-order valence-corrected chi connectivity index (χ0v) is 13.8. The van der Waals surface area contributed by atoms with Crippen LogP contribution in [-0.4, -0.2) is 18.9 Å². The van der Waals surface area contributed by atoms with Gasteiger partial charge < -0.3 is 4.74 Å². The lowest BCUT2D eigenvalue weighted by atomic mass is 10.0. The molecule has 25 heavy (non-hydrogen) atoms. The number of carbonyl (C=O) groups is 2. The molecule has 5 nitrogen and oxygen atoms in total. The van der Waals surface area contributed by atoms with Crippen molar-refractivity contribution in [2.75, 3.05) is 7.11 Å². The van der Waals surface area contributed by atoms with Crippen molar-refractivity contribution in [1.29, 1.82) is 0 Å². The predicted molar refractivity (Wildman–Crippen MR) is 96.3 cm³/mol. The normalized spacial score (nSPS) is 10.3. The van der Waals surface area contributed by atoms with Gasteiger partial charge in [0.05, 0.1) is 19.1 Å². The molecule has 2 N–H and O–H groups in total. The minimum atomic E-state index is -0.427. The fourth-order valence-corrected chi connectivity index (χ4v) is 2.69. The molecule has 2 amide bonds. The number of methoxy groups -OCH3 is 1. The van der Waals surface area contributed by atoms with Crippen LogP contribution in [0.2, 0.25) is 0 Å². The Kier molecular flexibility index (Phi) is 4.95. The minimum Gasteiger partial charge on any atom is -0.496 e. The maximum Gasteiger partial charge on any atom is 0.273 e. The Morgan fingerprint density at radius 1 is 0.880 bits per heavy atom. The van der Waals surface area contributed by atoms with E-state index in [1.807, 2.05) is 42.5 Å². The molecule has 126 valence electrons. The number of fused-ring (bicyclic) bond motifs is 1. The molecule has 0 aliphatic rings. The van der Waals surface area contributed by atoms with Gasteiger partial charge in [-0.1, -0.05) is 54.6 Å². The first-order chi connectivity index (χ1) is 12.2. The molecule has 5 heteroatoms.